The van der Waals surface area contributed by atoms with Gasteiger partial charge in [-0.1, -0.05) is 18.2 Å². The summed E-state index contributed by atoms with van der Waals surface area (Å²) in [7, 11) is 0. The molecule has 0 unspecified atom stereocenters. The van der Waals surface area contributed by atoms with Gasteiger partial charge in [-0.25, -0.2) is 0 Å². The highest BCUT2D eigenvalue weighted by molar-refractivity contribution is 5.94. The van der Waals surface area contributed by atoms with E-state index in [1.54, 1.807) is 13.2 Å². The summed E-state index contributed by atoms with van der Waals surface area (Å²) in [5.41, 5.74) is 4.19. The molecule has 0 spiro atoms. The lowest BCUT2D eigenvalue weighted by atomic mass is 9.89. The molecule has 1 aliphatic heterocycles. The van der Waals surface area contributed by atoms with Crippen LogP contribution in [0, 0.1) is 0 Å². The SMILES string of the molecule is CC(=O)N1c2ccc(-c3ccco3)cc2[C@H](Nc2ccccc2)C[C@@H]1C. The minimum Gasteiger partial charge on any atom is -0.464 e. The number of carbonyl (C=O) groups excluding carboxylic acids is 1. The second kappa shape index (κ2) is 6.71. The van der Waals surface area contributed by atoms with E-state index in [1.165, 1.54) is 0 Å². The lowest BCUT2D eigenvalue weighted by Crippen LogP contribution is -2.43. The normalized spacial score (nSPS) is 19.1. The second-order valence-electron chi connectivity index (χ2n) is 6.79. The Hall–Kier alpha value is -3.01. The monoisotopic (exact) mass is 346 g/mol. The third kappa shape index (κ3) is 2.99. The molecular formula is C22H22N2O2. The van der Waals surface area contributed by atoms with Crippen LogP contribution >= 0.6 is 0 Å². The zero-order valence-electron chi connectivity index (χ0n) is 15.0. The zero-order valence-corrected chi connectivity index (χ0v) is 15.0. The van der Waals surface area contributed by atoms with Crippen molar-refractivity contribution in [1.29, 1.82) is 0 Å². The molecule has 0 saturated carbocycles. The topological polar surface area (TPSA) is 45.5 Å². The fourth-order valence-corrected chi connectivity index (χ4v) is 3.81. The summed E-state index contributed by atoms with van der Waals surface area (Å²) >= 11 is 0. The fraction of sp³-hybridized carbons (Fsp3) is 0.227. The van der Waals surface area contributed by atoms with Crippen LogP contribution in [0.2, 0.25) is 0 Å². The van der Waals surface area contributed by atoms with Gasteiger partial charge < -0.3 is 14.6 Å². The van der Waals surface area contributed by atoms with Crippen molar-refractivity contribution in [3.05, 3.63) is 72.5 Å². The van der Waals surface area contributed by atoms with Crippen LogP contribution in [0.15, 0.2) is 71.3 Å². The van der Waals surface area contributed by atoms with E-state index in [1.807, 2.05) is 47.4 Å². The summed E-state index contributed by atoms with van der Waals surface area (Å²) in [6.45, 7) is 3.73. The van der Waals surface area contributed by atoms with Crippen LogP contribution in [0.3, 0.4) is 0 Å². The molecule has 1 N–H and O–H groups in total. The van der Waals surface area contributed by atoms with Crippen molar-refractivity contribution in [2.45, 2.75) is 32.4 Å². The number of anilines is 2. The quantitative estimate of drug-likeness (QED) is 0.705. The molecule has 2 atom stereocenters. The van der Waals surface area contributed by atoms with Crippen molar-refractivity contribution >= 4 is 17.3 Å². The Kier molecular flexibility index (Phi) is 4.25. The van der Waals surface area contributed by atoms with Crippen LogP contribution in [0.25, 0.3) is 11.3 Å². The maximum Gasteiger partial charge on any atom is 0.224 e. The summed E-state index contributed by atoms with van der Waals surface area (Å²) in [5.74, 6) is 0.905. The molecule has 4 rings (SSSR count). The van der Waals surface area contributed by atoms with Crippen molar-refractivity contribution in [1.82, 2.24) is 0 Å². The molecule has 3 aromatic rings. The molecule has 132 valence electrons. The van der Waals surface area contributed by atoms with Crippen molar-refractivity contribution in [2.24, 2.45) is 0 Å². The summed E-state index contributed by atoms with van der Waals surface area (Å²) in [4.78, 5) is 14.1. The average Bonchev–Trinajstić information content (AvgIpc) is 3.16. The molecule has 2 heterocycles. The number of fused-ring (bicyclic) bond motifs is 1. The molecule has 26 heavy (non-hydrogen) atoms. The van der Waals surface area contributed by atoms with Crippen LogP contribution in [-0.2, 0) is 4.79 Å². The average molecular weight is 346 g/mol. The van der Waals surface area contributed by atoms with E-state index in [0.717, 1.165) is 34.7 Å². The summed E-state index contributed by atoms with van der Waals surface area (Å²) in [6.07, 6.45) is 2.53. The third-order valence-electron chi connectivity index (χ3n) is 4.94. The molecule has 4 heteroatoms. The predicted molar refractivity (Wildman–Crippen MR) is 104 cm³/mol. The van der Waals surface area contributed by atoms with E-state index >= 15 is 0 Å². The number of para-hydroxylation sites is 1. The Morgan fingerprint density at radius 3 is 2.62 bits per heavy atom. The maximum atomic E-state index is 12.2. The highest BCUT2D eigenvalue weighted by atomic mass is 16.3. The molecule has 0 aliphatic carbocycles. The van der Waals surface area contributed by atoms with Crippen molar-refractivity contribution in [2.75, 3.05) is 10.2 Å². The number of carbonyl (C=O) groups is 1. The summed E-state index contributed by atoms with van der Waals surface area (Å²) in [5, 5.41) is 3.63. The minimum atomic E-state index is 0.0719. The van der Waals surface area contributed by atoms with E-state index in [2.05, 4.69) is 30.4 Å². The molecule has 0 saturated heterocycles. The fourth-order valence-electron chi connectivity index (χ4n) is 3.81. The Labute approximate surface area is 153 Å². The Balaban J connectivity index is 1.78. The predicted octanol–water partition coefficient (Wildman–Crippen LogP) is 5.24. The smallest absolute Gasteiger partial charge is 0.224 e. The van der Waals surface area contributed by atoms with Gasteiger partial charge in [-0.2, -0.15) is 0 Å². The molecule has 0 bridgehead atoms. The maximum absolute atomic E-state index is 12.2. The number of rotatable bonds is 3. The molecular weight excluding hydrogens is 324 g/mol. The Morgan fingerprint density at radius 1 is 1.12 bits per heavy atom. The first-order chi connectivity index (χ1) is 12.6. The standard InChI is InChI=1S/C22H22N2O2/c1-15-13-20(23-18-7-4-3-5-8-18)19-14-17(22-9-6-12-26-22)10-11-21(19)24(15)16(2)25/h3-12,14-15,20,23H,13H2,1-2H3/t15-,20+/m0/s1. The molecule has 1 aromatic heterocycles. The van der Waals surface area contributed by atoms with Gasteiger partial charge in [0.05, 0.1) is 12.3 Å². The first-order valence-corrected chi connectivity index (χ1v) is 8.92. The molecule has 0 fully saturated rings. The van der Waals surface area contributed by atoms with Crippen LogP contribution < -0.4 is 10.2 Å². The Bertz CT molecular complexity index is 903. The van der Waals surface area contributed by atoms with Gasteiger partial charge in [0.2, 0.25) is 5.91 Å². The highest BCUT2D eigenvalue weighted by Gasteiger charge is 2.32. The van der Waals surface area contributed by atoms with E-state index < -0.39 is 0 Å². The van der Waals surface area contributed by atoms with Crippen molar-refractivity contribution < 1.29 is 9.21 Å². The minimum absolute atomic E-state index is 0.0719. The number of amides is 1. The van der Waals surface area contributed by atoms with Gasteiger partial charge in [-0.3, -0.25) is 4.79 Å². The van der Waals surface area contributed by atoms with Crippen LogP contribution in [0.1, 0.15) is 31.9 Å². The van der Waals surface area contributed by atoms with Crippen LogP contribution in [0.5, 0.6) is 0 Å². The lowest BCUT2D eigenvalue weighted by molar-refractivity contribution is -0.117. The number of hydrogen-bond acceptors (Lipinski definition) is 3. The molecule has 0 radical (unpaired) electrons. The van der Waals surface area contributed by atoms with Crippen molar-refractivity contribution in [3.63, 3.8) is 0 Å². The van der Waals surface area contributed by atoms with Gasteiger partial charge in [-0.15, -0.1) is 0 Å². The number of furan rings is 1. The highest BCUT2D eigenvalue weighted by Crippen LogP contribution is 2.41. The summed E-state index contributed by atoms with van der Waals surface area (Å²) < 4.78 is 5.56. The van der Waals surface area contributed by atoms with Gasteiger partial charge in [-0.05, 0) is 61.4 Å². The number of benzene rings is 2. The lowest BCUT2D eigenvalue weighted by Gasteiger charge is -2.39. The number of nitrogens with zero attached hydrogens (tertiary/aromatic N) is 1. The molecule has 2 aromatic carbocycles. The van der Waals surface area contributed by atoms with E-state index in [9.17, 15) is 4.79 Å². The molecule has 4 nitrogen and oxygen atoms in total. The van der Waals surface area contributed by atoms with Gasteiger partial charge >= 0.3 is 0 Å². The largest absolute Gasteiger partial charge is 0.464 e. The second-order valence-corrected chi connectivity index (χ2v) is 6.79. The zero-order chi connectivity index (χ0) is 18.1. The van der Waals surface area contributed by atoms with Crippen LogP contribution in [-0.4, -0.2) is 11.9 Å². The third-order valence-corrected chi connectivity index (χ3v) is 4.94. The number of nitrogens with one attached hydrogen (secondary N) is 1. The molecule has 1 aliphatic rings. The van der Waals surface area contributed by atoms with E-state index in [-0.39, 0.29) is 18.0 Å². The first kappa shape index (κ1) is 16.5. The Morgan fingerprint density at radius 2 is 1.92 bits per heavy atom. The van der Waals surface area contributed by atoms with Gasteiger partial charge in [0, 0.05) is 29.9 Å². The van der Waals surface area contributed by atoms with E-state index in [0.29, 0.717) is 0 Å². The van der Waals surface area contributed by atoms with Gasteiger partial charge in [0.25, 0.3) is 0 Å². The van der Waals surface area contributed by atoms with Gasteiger partial charge in [0.1, 0.15) is 5.76 Å². The van der Waals surface area contributed by atoms with Gasteiger partial charge in [0.15, 0.2) is 0 Å². The number of hydrogen-bond donors (Lipinski definition) is 1. The molecule has 1 amide bonds. The summed E-state index contributed by atoms with van der Waals surface area (Å²) in [6, 6.07) is 20.5. The van der Waals surface area contributed by atoms with Crippen LogP contribution in [0.4, 0.5) is 11.4 Å². The first-order valence-electron chi connectivity index (χ1n) is 8.92. The van der Waals surface area contributed by atoms with Crippen molar-refractivity contribution in [3.8, 4) is 11.3 Å². The van der Waals surface area contributed by atoms with E-state index in [4.69, 9.17) is 4.42 Å².